The number of carbonyl (C=O) groups is 1. The van der Waals surface area contributed by atoms with Crippen LogP contribution in [0.2, 0.25) is 0 Å². The Morgan fingerprint density at radius 3 is 2.61 bits per heavy atom. The number of nitrogens with two attached hydrogens (primary N) is 1. The number of hydrogen-bond donors (Lipinski definition) is 2. The number of hydrogen-bond acceptors (Lipinski definition) is 2. The summed E-state index contributed by atoms with van der Waals surface area (Å²) in [5.41, 5.74) is 7.33. The lowest BCUT2D eigenvalue weighted by molar-refractivity contribution is -0.135. The number of alkyl halides is 3. The average molecular weight is 260 g/mol. The minimum Gasteiger partial charge on any atom is -0.398 e. The number of carbonyl (C=O) groups excluding carboxylic acids is 1. The molecule has 1 amide bonds. The smallest absolute Gasteiger partial charge is 0.389 e. The summed E-state index contributed by atoms with van der Waals surface area (Å²) >= 11 is 0. The van der Waals surface area contributed by atoms with Gasteiger partial charge in [0.05, 0.1) is 0 Å². The molecule has 1 aromatic carbocycles. The molecule has 0 unspecified atom stereocenters. The van der Waals surface area contributed by atoms with Crippen LogP contribution in [0.25, 0.3) is 0 Å². The number of aryl methyl sites for hydroxylation is 1. The first-order chi connectivity index (χ1) is 8.29. The van der Waals surface area contributed by atoms with Crippen LogP contribution in [0.15, 0.2) is 18.2 Å². The van der Waals surface area contributed by atoms with Crippen LogP contribution in [0, 0.1) is 6.92 Å². The maximum absolute atomic E-state index is 11.9. The van der Waals surface area contributed by atoms with Crippen molar-refractivity contribution >= 4 is 11.6 Å². The Labute approximate surface area is 103 Å². The van der Waals surface area contributed by atoms with Gasteiger partial charge in [-0.25, -0.2) is 0 Å². The van der Waals surface area contributed by atoms with Gasteiger partial charge in [-0.05, 0) is 31.0 Å². The number of nitrogens with one attached hydrogen (secondary N) is 1. The van der Waals surface area contributed by atoms with Gasteiger partial charge in [0, 0.05) is 24.2 Å². The van der Waals surface area contributed by atoms with Crippen molar-refractivity contribution < 1.29 is 18.0 Å². The monoisotopic (exact) mass is 260 g/mol. The minimum absolute atomic E-state index is 0.00781. The number of amides is 1. The zero-order valence-corrected chi connectivity index (χ0v) is 9.97. The second kappa shape index (κ2) is 5.75. The molecule has 0 atom stereocenters. The first-order valence-electron chi connectivity index (χ1n) is 5.50. The van der Waals surface area contributed by atoms with E-state index in [0.29, 0.717) is 11.3 Å². The van der Waals surface area contributed by atoms with Crippen molar-refractivity contribution in [3.8, 4) is 0 Å². The number of rotatable bonds is 4. The van der Waals surface area contributed by atoms with Crippen molar-refractivity contribution in [3.05, 3.63) is 29.3 Å². The summed E-state index contributed by atoms with van der Waals surface area (Å²) < 4.78 is 35.6. The first kappa shape index (κ1) is 14.3. The molecule has 0 fully saturated rings. The second-order valence-electron chi connectivity index (χ2n) is 4.05. The molecule has 0 aromatic heterocycles. The van der Waals surface area contributed by atoms with Crippen LogP contribution >= 0.6 is 0 Å². The molecule has 0 radical (unpaired) electrons. The summed E-state index contributed by atoms with van der Waals surface area (Å²) in [6, 6.07) is 4.79. The highest BCUT2D eigenvalue weighted by molar-refractivity contribution is 5.95. The maximum atomic E-state index is 11.9. The highest BCUT2D eigenvalue weighted by Gasteiger charge is 2.25. The molecule has 3 N–H and O–H groups in total. The molecule has 0 aliphatic heterocycles. The molecule has 18 heavy (non-hydrogen) atoms. The van der Waals surface area contributed by atoms with Crippen molar-refractivity contribution in [1.82, 2.24) is 5.32 Å². The molecule has 0 aliphatic rings. The van der Waals surface area contributed by atoms with Crippen molar-refractivity contribution in [2.24, 2.45) is 0 Å². The number of halogens is 3. The molecule has 0 spiro atoms. The van der Waals surface area contributed by atoms with E-state index < -0.39 is 18.5 Å². The molecular weight excluding hydrogens is 245 g/mol. The molecule has 0 bridgehead atoms. The molecule has 1 aromatic rings. The van der Waals surface area contributed by atoms with Gasteiger partial charge in [-0.2, -0.15) is 13.2 Å². The zero-order chi connectivity index (χ0) is 13.8. The average Bonchev–Trinajstić information content (AvgIpc) is 2.26. The topological polar surface area (TPSA) is 55.1 Å². The highest BCUT2D eigenvalue weighted by Crippen LogP contribution is 2.20. The van der Waals surface area contributed by atoms with Crippen LogP contribution in [-0.2, 0) is 0 Å². The van der Waals surface area contributed by atoms with Gasteiger partial charge < -0.3 is 11.1 Å². The van der Waals surface area contributed by atoms with E-state index in [9.17, 15) is 18.0 Å². The van der Waals surface area contributed by atoms with Gasteiger partial charge in [0.15, 0.2) is 0 Å². The Kier molecular flexibility index (Phi) is 4.58. The molecular formula is C12H15F3N2O. The normalized spacial score (nSPS) is 11.3. The van der Waals surface area contributed by atoms with Crippen molar-refractivity contribution in [2.75, 3.05) is 12.3 Å². The van der Waals surface area contributed by atoms with E-state index in [1.54, 1.807) is 19.1 Å². The number of anilines is 1. The third-order valence-electron chi connectivity index (χ3n) is 2.46. The van der Waals surface area contributed by atoms with Crippen molar-refractivity contribution in [3.63, 3.8) is 0 Å². The largest absolute Gasteiger partial charge is 0.398 e. The van der Waals surface area contributed by atoms with Crippen molar-refractivity contribution in [2.45, 2.75) is 25.9 Å². The summed E-state index contributed by atoms with van der Waals surface area (Å²) in [5.74, 6) is -0.413. The third kappa shape index (κ3) is 4.65. The van der Waals surface area contributed by atoms with Gasteiger partial charge in [-0.15, -0.1) is 0 Å². The minimum atomic E-state index is -4.18. The van der Waals surface area contributed by atoms with E-state index >= 15 is 0 Å². The summed E-state index contributed by atoms with van der Waals surface area (Å²) in [7, 11) is 0. The van der Waals surface area contributed by atoms with Crippen LogP contribution in [-0.4, -0.2) is 18.6 Å². The summed E-state index contributed by atoms with van der Waals surface area (Å²) in [6.45, 7) is 1.80. The lowest BCUT2D eigenvalue weighted by Gasteiger charge is -2.08. The SMILES string of the molecule is Cc1ccc(C(=O)NCCCC(F)(F)F)cc1N. The number of benzene rings is 1. The van der Waals surface area contributed by atoms with Gasteiger partial charge in [-0.1, -0.05) is 6.07 Å². The fraction of sp³-hybridized carbons (Fsp3) is 0.417. The van der Waals surface area contributed by atoms with Gasteiger partial charge >= 0.3 is 6.18 Å². The Morgan fingerprint density at radius 1 is 1.39 bits per heavy atom. The summed E-state index contributed by atoms with van der Waals surface area (Å²) in [6.07, 6.45) is -5.21. The van der Waals surface area contributed by atoms with E-state index in [-0.39, 0.29) is 13.0 Å². The molecule has 0 saturated carbocycles. The second-order valence-corrected chi connectivity index (χ2v) is 4.05. The summed E-state index contributed by atoms with van der Waals surface area (Å²) in [5, 5.41) is 2.42. The Balaban J connectivity index is 2.43. The van der Waals surface area contributed by atoms with Crippen LogP contribution < -0.4 is 11.1 Å². The zero-order valence-electron chi connectivity index (χ0n) is 9.97. The lowest BCUT2D eigenvalue weighted by atomic mass is 10.1. The van der Waals surface area contributed by atoms with Gasteiger partial charge in [-0.3, -0.25) is 4.79 Å². The van der Waals surface area contributed by atoms with Crippen LogP contribution in [0.1, 0.15) is 28.8 Å². The van der Waals surface area contributed by atoms with Gasteiger partial charge in [0.2, 0.25) is 0 Å². The number of nitrogen functional groups attached to an aromatic ring is 1. The summed E-state index contributed by atoms with van der Waals surface area (Å²) in [4.78, 5) is 11.6. The van der Waals surface area contributed by atoms with Crippen LogP contribution in [0.5, 0.6) is 0 Å². The molecule has 0 aliphatic carbocycles. The maximum Gasteiger partial charge on any atom is 0.389 e. The molecule has 0 heterocycles. The lowest BCUT2D eigenvalue weighted by Crippen LogP contribution is -2.25. The molecule has 6 heteroatoms. The fourth-order valence-electron chi connectivity index (χ4n) is 1.37. The van der Waals surface area contributed by atoms with E-state index in [2.05, 4.69) is 5.32 Å². The van der Waals surface area contributed by atoms with Crippen LogP contribution in [0.4, 0.5) is 18.9 Å². The quantitative estimate of drug-likeness (QED) is 0.646. The van der Waals surface area contributed by atoms with E-state index in [1.807, 2.05) is 0 Å². The molecule has 100 valence electrons. The third-order valence-corrected chi connectivity index (χ3v) is 2.46. The highest BCUT2D eigenvalue weighted by atomic mass is 19.4. The fourth-order valence-corrected chi connectivity index (χ4v) is 1.37. The molecule has 3 nitrogen and oxygen atoms in total. The molecule has 0 saturated heterocycles. The van der Waals surface area contributed by atoms with Gasteiger partial charge in [0.25, 0.3) is 5.91 Å². The predicted molar refractivity (Wildman–Crippen MR) is 63.2 cm³/mol. The Bertz CT molecular complexity index is 430. The van der Waals surface area contributed by atoms with Crippen molar-refractivity contribution in [1.29, 1.82) is 0 Å². The van der Waals surface area contributed by atoms with Crippen LogP contribution in [0.3, 0.4) is 0 Å². The Morgan fingerprint density at radius 2 is 2.06 bits per heavy atom. The van der Waals surface area contributed by atoms with Gasteiger partial charge in [0.1, 0.15) is 0 Å². The molecule has 1 rings (SSSR count). The van der Waals surface area contributed by atoms with E-state index in [1.165, 1.54) is 6.07 Å². The standard InChI is InChI=1S/C12H15F3N2O/c1-8-3-4-9(7-10(8)16)11(18)17-6-2-5-12(13,14)15/h3-4,7H,2,5-6,16H2,1H3,(H,17,18). The first-order valence-corrected chi connectivity index (χ1v) is 5.50. The van der Waals surface area contributed by atoms with E-state index in [4.69, 9.17) is 5.73 Å². The predicted octanol–water partition coefficient (Wildman–Crippen LogP) is 2.65. The van der Waals surface area contributed by atoms with E-state index in [0.717, 1.165) is 5.56 Å². The Hall–Kier alpha value is -1.72.